The first kappa shape index (κ1) is 12.6. The average Bonchev–Trinajstić information content (AvgIpc) is 2.51. The molecule has 1 aliphatic rings. The lowest BCUT2D eigenvalue weighted by atomic mass is 9.96. The maximum Gasteiger partial charge on any atom is 0.161 e. The molecule has 3 heteroatoms. The molecule has 2 nitrogen and oxygen atoms in total. The van der Waals surface area contributed by atoms with Crippen LogP contribution >= 0.6 is 11.6 Å². The lowest BCUT2D eigenvalue weighted by Crippen LogP contribution is -2.01. The molecule has 0 amide bonds. The molecule has 0 N–H and O–H groups in total. The van der Waals surface area contributed by atoms with Crippen LogP contribution in [-0.2, 0) is 0 Å². The Morgan fingerprint density at radius 3 is 2.59 bits per heavy atom. The van der Waals surface area contributed by atoms with Crippen LogP contribution in [0.3, 0.4) is 0 Å². The monoisotopic (exact) mass is 254 g/mol. The van der Waals surface area contributed by atoms with Crippen molar-refractivity contribution < 1.29 is 9.47 Å². The van der Waals surface area contributed by atoms with Gasteiger partial charge in [0.15, 0.2) is 11.5 Å². The van der Waals surface area contributed by atoms with E-state index < -0.39 is 0 Å². The van der Waals surface area contributed by atoms with Gasteiger partial charge < -0.3 is 9.47 Å². The highest BCUT2D eigenvalue weighted by molar-refractivity contribution is 6.20. The maximum absolute atomic E-state index is 6.04. The highest BCUT2D eigenvalue weighted by atomic mass is 35.5. The second-order valence-corrected chi connectivity index (χ2v) is 5.42. The number of fused-ring (bicyclic) bond motifs is 1. The van der Waals surface area contributed by atoms with Gasteiger partial charge in [0.1, 0.15) is 0 Å². The van der Waals surface area contributed by atoms with Gasteiger partial charge >= 0.3 is 0 Å². The molecular weight excluding hydrogens is 236 g/mol. The van der Waals surface area contributed by atoms with Crippen LogP contribution in [0.15, 0.2) is 18.2 Å². The SMILES string of the molecule is CC(Cl)CC(C)c1ccc2c(c1)OCCCO2. The Morgan fingerprint density at radius 1 is 1.18 bits per heavy atom. The van der Waals surface area contributed by atoms with E-state index >= 15 is 0 Å². The van der Waals surface area contributed by atoms with E-state index in [2.05, 4.69) is 19.1 Å². The van der Waals surface area contributed by atoms with Gasteiger partial charge in [0, 0.05) is 11.8 Å². The predicted molar refractivity (Wildman–Crippen MR) is 70.4 cm³/mol. The van der Waals surface area contributed by atoms with Gasteiger partial charge in [0.25, 0.3) is 0 Å². The van der Waals surface area contributed by atoms with Gasteiger partial charge in [-0.05, 0) is 37.0 Å². The van der Waals surface area contributed by atoms with E-state index in [9.17, 15) is 0 Å². The van der Waals surface area contributed by atoms with Crippen molar-refractivity contribution in [1.82, 2.24) is 0 Å². The maximum atomic E-state index is 6.04. The van der Waals surface area contributed by atoms with Crippen LogP contribution in [0.5, 0.6) is 11.5 Å². The summed E-state index contributed by atoms with van der Waals surface area (Å²) in [7, 11) is 0. The van der Waals surface area contributed by atoms with Crippen molar-refractivity contribution in [2.45, 2.75) is 38.0 Å². The van der Waals surface area contributed by atoms with E-state index in [0.717, 1.165) is 37.6 Å². The Bertz CT molecular complexity index is 376. The normalized spacial score (nSPS) is 18.3. The van der Waals surface area contributed by atoms with Crippen molar-refractivity contribution in [1.29, 1.82) is 0 Å². The summed E-state index contributed by atoms with van der Waals surface area (Å²) in [6, 6.07) is 6.20. The minimum absolute atomic E-state index is 0.195. The summed E-state index contributed by atoms with van der Waals surface area (Å²) in [6.07, 6.45) is 1.92. The van der Waals surface area contributed by atoms with E-state index in [1.807, 2.05) is 13.0 Å². The van der Waals surface area contributed by atoms with Crippen LogP contribution in [0.1, 0.15) is 38.2 Å². The number of alkyl halides is 1. The standard InChI is InChI=1S/C14H19ClO2/c1-10(8-11(2)15)12-4-5-13-14(9-12)17-7-3-6-16-13/h4-5,9-11H,3,6-8H2,1-2H3. The number of ether oxygens (including phenoxy) is 2. The number of benzene rings is 1. The van der Waals surface area contributed by atoms with E-state index in [1.54, 1.807) is 0 Å². The molecule has 0 bridgehead atoms. The number of rotatable bonds is 3. The van der Waals surface area contributed by atoms with Crippen molar-refractivity contribution in [2.24, 2.45) is 0 Å². The fourth-order valence-electron chi connectivity index (χ4n) is 2.11. The smallest absolute Gasteiger partial charge is 0.161 e. The summed E-state index contributed by atoms with van der Waals surface area (Å²) in [4.78, 5) is 0. The lowest BCUT2D eigenvalue weighted by Gasteiger charge is -2.15. The quantitative estimate of drug-likeness (QED) is 0.760. The molecule has 0 aliphatic carbocycles. The molecule has 2 atom stereocenters. The molecule has 0 fully saturated rings. The van der Waals surface area contributed by atoms with Gasteiger partial charge in [-0.1, -0.05) is 13.0 Å². The van der Waals surface area contributed by atoms with E-state index in [1.165, 1.54) is 5.56 Å². The minimum Gasteiger partial charge on any atom is -0.490 e. The fourth-order valence-corrected chi connectivity index (χ4v) is 2.38. The van der Waals surface area contributed by atoms with Crippen molar-refractivity contribution in [3.05, 3.63) is 23.8 Å². The Balaban J connectivity index is 2.17. The van der Waals surface area contributed by atoms with Crippen LogP contribution in [0, 0.1) is 0 Å². The average molecular weight is 255 g/mol. The molecule has 0 radical (unpaired) electrons. The second kappa shape index (κ2) is 5.63. The third-order valence-electron chi connectivity index (χ3n) is 3.02. The number of hydrogen-bond donors (Lipinski definition) is 0. The molecule has 1 aromatic carbocycles. The molecule has 2 rings (SSSR count). The van der Waals surface area contributed by atoms with Crippen LogP contribution < -0.4 is 9.47 Å². The van der Waals surface area contributed by atoms with E-state index in [0.29, 0.717) is 5.92 Å². The van der Waals surface area contributed by atoms with Crippen LogP contribution in [-0.4, -0.2) is 18.6 Å². The van der Waals surface area contributed by atoms with Crippen LogP contribution in [0.2, 0.25) is 0 Å². The second-order valence-electron chi connectivity index (χ2n) is 4.67. The Hall–Kier alpha value is -0.890. The van der Waals surface area contributed by atoms with Crippen molar-refractivity contribution >= 4 is 11.6 Å². The molecule has 1 heterocycles. The minimum atomic E-state index is 0.195. The summed E-state index contributed by atoms with van der Waals surface area (Å²) in [5, 5.41) is 0.195. The molecule has 17 heavy (non-hydrogen) atoms. The highest BCUT2D eigenvalue weighted by Crippen LogP contribution is 2.34. The van der Waals surface area contributed by atoms with Gasteiger partial charge in [-0.2, -0.15) is 0 Å². The first-order valence-corrected chi connectivity index (χ1v) is 6.64. The molecule has 0 spiro atoms. The van der Waals surface area contributed by atoms with Gasteiger partial charge in [0.05, 0.1) is 13.2 Å². The molecular formula is C14H19ClO2. The van der Waals surface area contributed by atoms with Gasteiger partial charge in [-0.3, -0.25) is 0 Å². The first-order valence-electron chi connectivity index (χ1n) is 6.20. The van der Waals surface area contributed by atoms with E-state index in [-0.39, 0.29) is 5.38 Å². The molecule has 2 unspecified atom stereocenters. The largest absolute Gasteiger partial charge is 0.490 e. The molecule has 94 valence electrons. The zero-order chi connectivity index (χ0) is 12.3. The third-order valence-corrected chi connectivity index (χ3v) is 3.20. The fraction of sp³-hybridized carbons (Fsp3) is 0.571. The summed E-state index contributed by atoms with van der Waals surface area (Å²) >= 11 is 6.04. The molecule has 1 aromatic rings. The molecule has 0 saturated heterocycles. The summed E-state index contributed by atoms with van der Waals surface area (Å²) < 4.78 is 11.3. The van der Waals surface area contributed by atoms with Gasteiger partial charge in [0.2, 0.25) is 0 Å². The topological polar surface area (TPSA) is 18.5 Å². The summed E-state index contributed by atoms with van der Waals surface area (Å²) in [6.45, 7) is 5.69. The van der Waals surface area contributed by atoms with Crippen LogP contribution in [0.4, 0.5) is 0 Å². The number of hydrogen-bond acceptors (Lipinski definition) is 2. The first-order chi connectivity index (χ1) is 8.16. The zero-order valence-corrected chi connectivity index (χ0v) is 11.2. The molecule has 0 aromatic heterocycles. The van der Waals surface area contributed by atoms with Gasteiger partial charge in [-0.15, -0.1) is 11.6 Å². The lowest BCUT2D eigenvalue weighted by molar-refractivity contribution is 0.297. The molecule has 1 aliphatic heterocycles. The van der Waals surface area contributed by atoms with Crippen LogP contribution in [0.25, 0.3) is 0 Å². The zero-order valence-electron chi connectivity index (χ0n) is 10.4. The number of halogens is 1. The van der Waals surface area contributed by atoms with E-state index in [4.69, 9.17) is 21.1 Å². The summed E-state index contributed by atoms with van der Waals surface area (Å²) in [5.41, 5.74) is 1.27. The summed E-state index contributed by atoms with van der Waals surface area (Å²) in [5.74, 6) is 2.17. The Kier molecular flexibility index (Phi) is 4.16. The Morgan fingerprint density at radius 2 is 1.88 bits per heavy atom. The molecule has 0 saturated carbocycles. The Labute approximate surface area is 108 Å². The van der Waals surface area contributed by atoms with Crippen molar-refractivity contribution in [3.63, 3.8) is 0 Å². The predicted octanol–water partition coefficient (Wildman–Crippen LogP) is 3.97. The van der Waals surface area contributed by atoms with Crippen molar-refractivity contribution in [3.8, 4) is 11.5 Å². The highest BCUT2D eigenvalue weighted by Gasteiger charge is 2.14. The third kappa shape index (κ3) is 3.29. The van der Waals surface area contributed by atoms with Gasteiger partial charge in [-0.25, -0.2) is 0 Å². The van der Waals surface area contributed by atoms with Crippen molar-refractivity contribution in [2.75, 3.05) is 13.2 Å².